The molecule has 0 saturated heterocycles. The number of benzene rings is 1. The highest BCUT2D eigenvalue weighted by molar-refractivity contribution is 5.63. The van der Waals surface area contributed by atoms with Crippen LogP contribution in [0.15, 0.2) is 35.4 Å². The number of nitrogens with zero attached hydrogens (tertiary/aromatic N) is 1. The van der Waals surface area contributed by atoms with Gasteiger partial charge in [0.25, 0.3) is 5.56 Å². The second-order valence-electron chi connectivity index (χ2n) is 3.40. The number of nitrogens with one attached hydrogen (secondary N) is 1. The van der Waals surface area contributed by atoms with Crippen LogP contribution in [0.3, 0.4) is 0 Å². The Balaban J connectivity index is 2.54. The van der Waals surface area contributed by atoms with Crippen LogP contribution in [0, 0.1) is 0 Å². The zero-order chi connectivity index (χ0) is 12.3. The van der Waals surface area contributed by atoms with Gasteiger partial charge in [0, 0.05) is 17.7 Å². The van der Waals surface area contributed by atoms with Crippen molar-refractivity contribution in [2.24, 2.45) is 0 Å². The molecule has 2 rings (SSSR count). The van der Waals surface area contributed by atoms with Crippen LogP contribution in [-0.4, -0.2) is 24.2 Å². The van der Waals surface area contributed by atoms with Crippen molar-refractivity contribution >= 4 is 0 Å². The molecule has 0 aliphatic carbocycles. The molecule has 17 heavy (non-hydrogen) atoms. The van der Waals surface area contributed by atoms with Crippen molar-refractivity contribution in [3.8, 4) is 22.8 Å². The standard InChI is InChI=1S/C12H12N2O3/c1-16-9-3-8(4-10(5-9)17-2)11-6-12(15)14-7-13-11/h3-7H,1-2H3,(H,13,14,15). The van der Waals surface area contributed by atoms with Gasteiger partial charge >= 0.3 is 0 Å². The van der Waals surface area contributed by atoms with Crippen LogP contribution in [0.5, 0.6) is 11.5 Å². The molecular formula is C12H12N2O3. The summed E-state index contributed by atoms with van der Waals surface area (Å²) in [5, 5.41) is 0. The fourth-order valence-electron chi connectivity index (χ4n) is 1.48. The number of ether oxygens (including phenoxy) is 2. The van der Waals surface area contributed by atoms with E-state index < -0.39 is 0 Å². The molecule has 0 fully saturated rings. The van der Waals surface area contributed by atoms with E-state index in [4.69, 9.17) is 9.47 Å². The molecule has 2 aromatic rings. The second-order valence-corrected chi connectivity index (χ2v) is 3.40. The molecule has 1 aromatic carbocycles. The Morgan fingerprint density at radius 2 is 1.71 bits per heavy atom. The normalized spacial score (nSPS) is 10.0. The Bertz CT molecular complexity index is 556. The second kappa shape index (κ2) is 4.69. The van der Waals surface area contributed by atoms with Gasteiger partial charge in [-0.15, -0.1) is 0 Å². The van der Waals surface area contributed by atoms with Gasteiger partial charge in [-0.1, -0.05) is 0 Å². The molecule has 0 radical (unpaired) electrons. The van der Waals surface area contributed by atoms with E-state index in [0.717, 1.165) is 5.56 Å². The average Bonchev–Trinajstić information content (AvgIpc) is 2.38. The lowest BCUT2D eigenvalue weighted by atomic mass is 10.1. The summed E-state index contributed by atoms with van der Waals surface area (Å²) in [4.78, 5) is 17.8. The molecular weight excluding hydrogens is 220 g/mol. The molecule has 1 heterocycles. The van der Waals surface area contributed by atoms with Gasteiger partial charge in [-0.3, -0.25) is 4.79 Å². The summed E-state index contributed by atoms with van der Waals surface area (Å²) >= 11 is 0. The van der Waals surface area contributed by atoms with Gasteiger partial charge in [0.2, 0.25) is 0 Å². The summed E-state index contributed by atoms with van der Waals surface area (Å²) in [6.45, 7) is 0. The lowest BCUT2D eigenvalue weighted by Gasteiger charge is -2.07. The third kappa shape index (κ3) is 2.44. The average molecular weight is 232 g/mol. The van der Waals surface area contributed by atoms with Crippen LogP contribution in [-0.2, 0) is 0 Å². The molecule has 0 aliphatic heterocycles. The van der Waals surface area contributed by atoms with Crippen molar-refractivity contribution in [2.75, 3.05) is 14.2 Å². The minimum Gasteiger partial charge on any atom is -0.497 e. The first-order valence-corrected chi connectivity index (χ1v) is 5.01. The first kappa shape index (κ1) is 11.2. The number of aromatic amines is 1. The Labute approximate surface area is 98.0 Å². The van der Waals surface area contributed by atoms with Crippen LogP contribution >= 0.6 is 0 Å². The van der Waals surface area contributed by atoms with E-state index in [1.165, 1.54) is 12.4 Å². The molecule has 5 nitrogen and oxygen atoms in total. The van der Waals surface area contributed by atoms with Crippen LogP contribution in [0.2, 0.25) is 0 Å². The molecule has 0 unspecified atom stereocenters. The molecule has 1 N–H and O–H groups in total. The van der Waals surface area contributed by atoms with E-state index in [-0.39, 0.29) is 5.56 Å². The molecule has 0 saturated carbocycles. The Kier molecular flexibility index (Phi) is 3.09. The maximum absolute atomic E-state index is 11.2. The smallest absolute Gasteiger partial charge is 0.251 e. The molecule has 0 spiro atoms. The first-order valence-electron chi connectivity index (χ1n) is 5.01. The minimum absolute atomic E-state index is 0.197. The van der Waals surface area contributed by atoms with Crippen LogP contribution in [0.4, 0.5) is 0 Å². The zero-order valence-corrected chi connectivity index (χ0v) is 9.56. The van der Waals surface area contributed by atoms with E-state index in [0.29, 0.717) is 17.2 Å². The highest BCUT2D eigenvalue weighted by atomic mass is 16.5. The quantitative estimate of drug-likeness (QED) is 0.870. The van der Waals surface area contributed by atoms with Crippen molar-refractivity contribution in [2.45, 2.75) is 0 Å². The number of hydrogen-bond donors (Lipinski definition) is 1. The fraction of sp³-hybridized carbons (Fsp3) is 0.167. The van der Waals surface area contributed by atoms with Crippen molar-refractivity contribution in [3.05, 3.63) is 40.9 Å². The van der Waals surface area contributed by atoms with E-state index in [1.807, 2.05) is 0 Å². The predicted molar refractivity (Wildman–Crippen MR) is 63.4 cm³/mol. The number of hydrogen-bond acceptors (Lipinski definition) is 4. The van der Waals surface area contributed by atoms with E-state index in [2.05, 4.69) is 9.97 Å². The molecule has 0 atom stereocenters. The molecule has 5 heteroatoms. The van der Waals surface area contributed by atoms with Gasteiger partial charge in [-0.25, -0.2) is 4.98 Å². The number of H-pyrrole nitrogens is 1. The van der Waals surface area contributed by atoms with E-state index in [1.54, 1.807) is 32.4 Å². The number of rotatable bonds is 3. The van der Waals surface area contributed by atoms with Crippen LogP contribution < -0.4 is 15.0 Å². The third-order valence-corrected chi connectivity index (χ3v) is 2.33. The highest BCUT2D eigenvalue weighted by Crippen LogP contribution is 2.27. The van der Waals surface area contributed by atoms with Gasteiger partial charge < -0.3 is 14.5 Å². The largest absolute Gasteiger partial charge is 0.497 e. The fourth-order valence-corrected chi connectivity index (χ4v) is 1.48. The lowest BCUT2D eigenvalue weighted by Crippen LogP contribution is -2.04. The monoisotopic (exact) mass is 232 g/mol. The number of methoxy groups -OCH3 is 2. The number of aromatic nitrogens is 2. The van der Waals surface area contributed by atoms with Gasteiger partial charge in [0.1, 0.15) is 11.5 Å². The van der Waals surface area contributed by atoms with Crippen molar-refractivity contribution in [1.82, 2.24) is 9.97 Å². The van der Waals surface area contributed by atoms with Crippen LogP contribution in [0.1, 0.15) is 0 Å². The van der Waals surface area contributed by atoms with E-state index >= 15 is 0 Å². The third-order valence-electron chi connectivity index (χ3n) is 2.33. The van der Waals surface area contributed by atoms with Crippen LogP contribution in [0.25, 0.3) is 11.3 Å². The summed E-state index contributed by atoms with van der Waals surface area (Å²) in [5.41, 5.74) is 1.15. The maximum Gasteiger partial charge on any atom is 0.251 e. The topological polar surface area (TPSA) is 64.2 Å². The van der Waals surface area contributed by atoms with Crippen molar-refractivity contribution in [3.63, 3.8) is 0 Å². The Morgan fingerprint density at radius 3 is 2.24 bits per heavy atom. The summed E-state index contributed by atoms with van der Waals surface area (Å²) in [6.07, 6.45) is 1.36. The highest BCUT2D eigenvalue weighted by Gasteiger charge is 2.05. The molecule has 0 aliphatic rings. The summed E-state index contributed by atoms with van der Waals surface area (Å²) in [5.74, 6) is 1.31. The maximum atomic E-state index is 11.2. The Morgan fingerprint density at radius 1 is 1.06 bits per heavy atom. The summed E-state index contributed by atoms with van der Waals surface area (Å²) < 4.78 is 10.3. The minimum atomic E-state index is -0.197. The van der Waals surface area contributed by atoms with Gasteiger partial charge in [-0.05, 0) is 12.1 Å². The Hall–Kier alpha value is -2.30. The molecule has 1 aromatic heterocycles. The zero-order valence-electron chi connectivity index (χ0n) is 9.56. The SMILES string of the molecule is COc1cc(OC)cc(-c2cc(=O)[nH]cn2)c1. The predicted octanol–water partition coefficient (Wildman–Crippen LogP) is 1.45. The van der Waals surface area contributed by atoms with Gasteiger partial charge in [-0.2, -0.15) is 0 Å². The van der Waals surface area contributed by atoms with Crippen molar-refractivity contribution < 1.29 is 9.47 Å². The van der Waals surface area contributed by atoms with Gasteiger partial charge in [0.05, 0.1) is 26.2 Å². The lowest BCUT2D eigenvalue weighted by molar-refractivity contribution is 0.394. The molecule has 0 amide bonds. The molecule has 88 valence electrons. The first-order chi connectivity index (χ1) is 8.22. The van der Waals surface area contributed by atoms with Crippen molar-refractivity contribution in [1.29, 1.82) is 0 Å². The summed E-state index contributed by atoms with van der Waals surface area (Å²) in [7, 11) is 3.15. The molecule has 0 bridgehead atoms. The summed E-state index contributed by atoms with van der Waals surface area (Å²) in [6, 6.07) is 6.78. The van der Waals surface area contributed by atoms with Gasteiger partial charge in [0.15, 0.2) is 0 Å². The van der Waals surface area contributed by atoms with E-state index in [9.17, 15) is 4.79 Å².